The fraction of sp³-hybridized carbons (Fsp3) is 0.320. The predicted octanol–water partition coefficient (Wildman–Crippen LogP) is 4.42. The largest absolute Gasteiger partial charge is 0.475 e. The fourth-order valence-electron chi connectivity index (χ4n) is 3.56. The Morgan fingerprint density at radius 1 is 0.970 bits per heavy atom. The summed E-state index contributed by atoms with van der Waals surface area (Å²) in [6.45, 7) is 6.54. The first-order valence-corrected chi connectivity index (χ1v) is 10.8. The quantitative estimate of drug-likeness (QED) is 0.417. The van der Waals surface area contributed by atoms with Crippen molar-refractivity contribution >= 4 is 27.9 Å². The topological polar surface area (TPSA) is 95.7 Å². The van der Waals surface area contributed by atoms with Crippen LogP contribution in [0.25, 0.3) is 32.9 Å². The molecule has 0 unspecified atom stereocenters. The van der Waals surface area contributed by atoms with E-state index in [1.165, 1.54) is 0 Å². The first-order chi connectivity index (χ1) is 15.9. The molecule has 4 aromatic rings. The van der Waals surface area contributed by atoms with Crippen LogP contribution in [0.1, 0.15) is 20.8 Å². The van der Waals surface area contributed by atoms with Crippen LogP contribution in [0.5, 0.6) is 5.88 Å². The zero-order chi connectivity index (χ0) is 23.4. The number of benzene rings is 1. The van der Waals surface area contributed by atoms with Gasteiger partial charge in [0.25, 0.3) is 0 Å². The number of carbonyl (C=O) groups excluding carboxylic acids is 1. The van der Waals surface area contributed by atoms with Crippen molar-refractivity contribution in [2.75, 3.05) is 26.4 Å². The number of aliphatic hydroxyl groups excluding tert-OH is 1. The number of rotatable bonds is 7. The maximum absolute atomic E-state index is 13.1. The van der Waals surface area contributed by atoms with Crippen molar-refractivity contribution in [2.24, 2.45) is 0 Å². The van der Waals surface area contributed by atoms with Gasteiger partial charge in [-0.15, -0.1) is 0 Å². The van der Waals surface area contributed by atoms with Crippen LogP contribution in [0, 0.1) is 0 Å². The number of carbonyl (C=O) groups is 1. The van der Waals surface area contributed by atoms with Gasteiger partial charge >= 0.3 is 6.09 Å². The maximum atomic E-state index is 13.1. The summed E-state index contributed by atoms with van der Waals surface area (Å²) in [5.74, 6) is 0.487. The van der Waals surface area contributed by atoms with Crippen LogP contribution < -0.4 is 4.74 Å². The molecular formula is C25H27N3O5. The minimum atomic E-state index is -0.618. The van der Waals surface area contributed by atoms with Crippen molar-refractivity contribution < 1.29 is 24.1 Å². The molecule has 3 heterocycles. The molecule has 4 rings (SSSR count). The average Bonchev–Trinajstić information content (AvgIpc) is 3.12. The Balaban J connectivity index is 1.65. The summed E-state index contributed by atoms with van der Waals surface area (Å²) in [5, 5.41) is 10.5. The molecular weight excluding hydrogens is 422 g/mol. The molecule has 0 aliphatic heterocycles. The van der Waals surface area contributed by atoms with Gasteiger partial charge in [-0.2, -0.15) is 0 Å². The van der Waals surface area contributed by atoms with Gasteiger partial charge in [0.2, 0.25) is 5.88 Å². The molecule has 0 atom stereocenters. The SMILES string of the molecule is CC(C)(C)OC(=O)n1c2ccncc2c2ccc(-c3ccc(OCCOCCO)nc3)cc21. The molecule has 0 amide bonds. The van der Waals surface area contributed by atoms with Crippen molar-refractivity contribution in [2.45, 2.75) is 26.4 Å². The van der Waals surface area contributed by atoms with Crippen molar-refractivity contribution in [1.82, 2.24) is 14.5 Å². The molecule has 0 saturated carbocycles. The number of fused-ring (bicyclic) bond motifs is 3. The number of nitrogens with zero attached hydrogens (tertiary/aromatic N) is 3. The van der Waals surface area contributed by atoms with Crippen molar-refractivity contribution in [1.29, 1.82) is 0 Å². The van der Waals surface area contributed by atoms with Gasteiger partial charge in [0.15, 0.2) is 0 Å². The minimum Gasteiger partial charge on any atom is -0.475 e. The van der Waals surface area contributed by atoms with Gasteiger partial charge in [0.05, 0.1) is 30.9 Å². The average molecular weight is 450 g/mol. The zero-order valence-corrected chi connectivity index (χ0v) is 18.9. The number of aliphatic hydroxyl groups is 1. The van der Waals surface area contributed by atoms with E-state index < -0.39 is 11.7 Å². The van der Waals surface area contributed by atoms with Crippen LogP contribution in [0.3, 0.4) is 0 Å². The number of ether oxygens (including phenoxy) is 3. The van der Waals surface area contributed by atoms with Crippen molar-refractivity contribution in [3.05, 3.63) is 55.0 Å². The molecule has 8 heteroatoms. The summed E-state index contributed by atoms with van der Waals surface area (Å²) >= 11 is 0. The third-order valence-electron chi connectivity index (χ3n) is 4.93. The lowest BCUT2D eigenvalue weighted by Crippen LogP contribution is -2.27. The summed E-state index contributed by atoms with van der Waals surface area (Å²) in [6.07, 6.45) is 4.72. The first-order valence-electron chi connectivity index (χ1n) is 10.8. The third-order valence-corrected chi connectivity index (χ3v) is 4.93. The van der Waals surface area contributed by atoms with Crippen molar-refractivity contribution in [3.8, 4) is 17.0 Å². The molecule has 1 aromatic carbocycles. The second kappa shape index (κ2) is 9.56. The molecule has 0 radical (unpaired) electrons. The Morgan fingerprint density at radius 3 is 2.52 bits per heavy atom. The Morgan fingerprint density at radius 2 is 1.79 bits per heavy atom. The fourth-order valence-corrected chi connectivity index (χ4v) is 3.56. The van der Waals surface area contributed by atoms with Gasteiger partial charge < -0.3 is 19.3 Å². The lowest BCUT2D eigenvalue weighted by molar-refractivity contribution is 0.0551. The molecule has 0 spiro atoms. The molecule has 0 aliphatic carbocycles. The van der Waals surface area contributed by atoms with E-state index >= 15 is 0 Å². The summed E-state index contributed by atoms with van der Waals surface area (Å²) in [5.41, 5.74) is 2.67. The molecule has 0 fully saturated rings. The Bertz CT molecular complexity index is 1260. The van der Waals surface area contributed by atoms with E-state index in [-0.39, 0.29) is 13.2 Å². The molecule has 8 nitrogen and oxygen atoms in total. The van der Waals surface area contributed by atoms with E-state index in [4.69, 9.17) is 19.3 Å². The summed E-state index contributed by atoms with van der Waals surface area (Å²) in [4.78, 5) is 21.7. The molecule has 1 N–H and O–H groups in total. The van der Waals surface area contributed by atoms with Gasteiger partial charge in [-0.05, 0) is 44.5 Å². The number of hydrogen-bond acceptors (Lipinski definition) is 7. The highest BCUT2D eigenvalue weighted by Gasteiger charge is 2.22. The summed E-state index contributed by atoms with van der Waals surface area (Å²) in [6, 6.07) is 11.5. The normalized spacial score (nSPS) is 11.8. The number of pyridine rings is 2. The first kappa shape index (κ1) is 22.7. The summed E-state index contributed by atoms with van der Waals surface area (Å²) in [7, 11) is 0. The second-order valence-corrected chi connectivity index (χ2v) is 8.51. The van der Waals surface area contributed by atoms with Crippen LogP contribution in [0.15, 0.2) is 55.0 Å². The lowest BCUT2D eigenvalue weighted by atomic mass is 10.1. The van der Waals surface area contributed by atoms with Gasteiger partial charge in [-0.3, -0.25) is 4.98 Å². The van der Waals surface area contributed by atoms with E-state index in [0.717, 1.165) is 32.9 Å². The van der Waals surface area contributed by atoms with Crippen LogP contribution in [-0.4, -0.2) is 57.8 Å². The smallest absolute Gasteiger partial charge is 0.419 e. The van der Waals surface area contributed by atoms with Gasteiger partial charge in [0, 0.05) is 41.0 Å². The van der Waals surface area contributed by atoms with Gasteiger partial charge in [-0.1, -0.05) is 12.1 Å². The molecule has 0 saturated heterocycles. The van der Waals surface area contributed by atoms with E-state index in [1.54, 1.807) is 29.2 Å². The van der Waals surface area contributed by atoms with E-state index in [0.29, 0.717) is 19.1 Å². The van der Waals surface area contributed by atoms with Crippen LogP contribution >= 0.6 is 0 Å². The van der Waals surface area contributed by atoms with E-state index in [2.05, 4.69) is 9.97 Å². The van der Waals surface area contributed by atoms with Crippen LogP contribution in [0.2, 0.25) is 0 Å². The standard InChI is InChI=1S/C25H27N3O5/c1-25(2,3)33-24(30)28-21-8-9-26-16-20(21)19-6-4-17(14-22(19)28)18-5-7-23(27-15-18)32-13-12-31-11-10-29/h4-9,14-16,29H,10-13H2,1-3H3. The second-order valence-electron chi connectivity index (χ2n) is 8.51. The molecule has 0 aliphatic rings. The van der Waals surface area contributed by atoms with Crippen molar-refractivity contribution in [3.63, 3.8) is 0 Å². The highest BCUT2D eigenvalue weighted by molar-refractivity contribution is 6.13. The maximum Gasteiger partial charge on any atom is 0.419 e. The summed E-state index contributed by atoms with van der Waals surface area (Å²) < 4.78 is 18.0. The van der Waals surface area contributed by atoms with Gasteiger partial charge in [0.1, 0.15) is 12.2 Å². The number of hydrogen-bond donors (Lipinski definition) is 1. The molecule has 172 valence electrons. The molecule has 33 heavy (non-hydrogen) atoms. The minimum absolute atomic E-state index is 0.0132. The van der Waals surface area contributed by atoms with Crippen LogP contribution in [0.4, 0.5) is 4.79 Å². The monoisotopic (exact) mass is 449 g/mol. The Labute approximate surface area is 191 Å². The molecule has 3 aromatic heterocycles. The van der Waals surface area contributed by atoms with Crippen LogP contribution in [-0.2, 0) is 9.47 Å². The highest BCUT2D eigenvalue weighted by atomic mass is 16.6. The zero-order valence-electron chi connectivity index (χ0n) is 18.9. The predicted molar refractivity (Wildman–Crippen MR) is 126 cm³/mol. The Hall–Kier alpha value is -3.49. The van der Waals surface area contributed by atoms with Gasteiger partial charge in [-0.25, -0.2) is 14.3 Å². The van der Waals surface area contributed by atoms with E-state index in [1.807, 2.05) is 51.1 Å². The number of aromatic nitrogens is 3. The lowest BCUT2D eigenvalue weighted by Gasteiger charge is -2.20. The highest BCUT2D eigenvalue weighted by Crippen LogP contribution is 2.32. The Kier molecular flexibility index (Phi) is 6.57. The molecule has 0 bridgehead atoms. The van der Waals surface area contributed by atoms with E-state index in [9.17, 15) is 4.79 Å². The third kappa shape index (κ3) is 5.13.